The van der Waals surface area contributed by atoms with E-state index in [0.717, 1.165) is 25.3 Å². The van der Waals surface area contributed by atoms with Crippen LogP contribution in [-0.2, 0) is 0 Å². The lowest BCUT2D eigenvalue weighted by Gasteiger charge is -2.06. The second-order valence-corrected chi connectivity index (χ2v) is 3.67. The van der Waals surface area contributed by atoms with Gasteiger partial charge in [-0.05, 0) is 25.3 Å². The van der Waals surface area contributed by atoms with E-state index in [1.54, 1.807) is 0 Å². The number of non-ortho nitro benzene ring substituents is 1. The normalized spacial score (nSPS) is 10.2. The molecule has 5 nitrogen and oxygen atoms in total. The molecule has 0 amide bonds. The van der Waals surface area contributed by atoms with Crippen LogP contribution in [0, 0.1) is 15.9 Å². The Bertz CT molecular complexity index is 385. The van der Waals surface area contributed by atoms with E-state index in [1.807, 2.05) is 0 Å². The van der Waals surface area contributed by atoms with Crippen LogP contribution >= 0.6 is 0 Å². The van der Waals surface area contributed by atoms with Gasteiger partial charge in [-0.3, -0.25) is 10.1 Å². The molecule has 0 saturated heterocycles. The predicted molar refractivity (Wildman–Crippen MR) is 62.5 cm³/mol. The Morgan fingerprint density at radius 3 is 2.71 bits per heavy atom. The summed E-state index contributed by atoms with van der Waals surface area (Å²) in [6.45, 7) is 0.756. The van der Waals surface area contributed by atoms with E-state index in [4.69, 9.17) is 5.11 Å². The molecule has 1 aromatic carbocycles. The lowest BCUT2D eigenvalue weighted by Crippen LogP contribution is -2.03. The third-order valence-corrected chi connectivity index (χ3v) is 2.26. The fourth-order valence-electron chi connectivity index (χ4n) is 1.43. The number of nitro groups is 1. The fourth-order valence-corrected chi connectivity index (χ4v) is 1.43. The Balaban J connectivity index is 2.50. The smallest absolute Gasteiger partial charge is 0.274 e. The van der Waals surface area contributed by atoms with Crippen molar-refractivity contribution in [2.24, 2.45) is 0 Å². The van der Waals surface area contributed by atoms with Gasteiger partial charge in [-0.25, -0.2) is 4.39 Å². The molecule has 0 aliphatic heterocycles. The van der Waals surface area contributed by atoms with E-state index in [-0.39, 0.29) is 12.3 Å². The largest absolute Gasteiger partial charge is 0.396 e. The molecule has 0 fully saturated rings. The number of benzene rings is 1. The van der Waals surface area contributed by atoms with Crippen LogP contribution in [0.2, 0.25) is 0 Å². The zero-order valence-corrected chi connectivity index (χ0v) is 9.36. The third kappa shape index (κ3) is 4.78. The summed E-state index contributed by atoms with van der Waals surface area (Å²) in [5, 5.41) is 22.0. The molecular weight excluding hydrogens is 227 g/mol. The molecule has 6 heteroatoms. The molecule has 0 radical (unpaired) electrons. The molecule has 0 aliphatic rings. The zero-order valence-electron chi connectivity index (χ0n) is 9.36. The molecular formula is C11H15FN2O3. The molecule has 1 aromatic rings. The number of hydrogen-bond donors (Lipinski definition) is 2. The minimum absolute atomic E-state index is 0.158. The van der Waals surface area contributed by atoms with Crippen molar-refractivity contribution in [2.75, 3.05) is 18.5 Å². The fraction of sp³-hybridized carbons (Fsp3) is 0.455. The quantitative estimate of drug-likeness (QED) is 0.437. The summed E-state index contributed by atoms with van der Waals surface area (Å²) in [7, 11) is 0. The molecule has 1 rings (SSSR count). The van der Waals surface area contributed by atoms with Gasteiger partial charge in [0.15, 0.2) is 0 Å². The highest BCUT2D eigenvalue weighted by Crippen LogP contribution is 2.19. The van der Waals surface area contributed by atoms with Crippen LogP contribution in [0.1, 0.15) is 19.3 Å². The van der Waals surface area contributed by atoms with Crippen molar-refractivity contribution in [3.63, 3.8) is 0 Å². The summed E-state index contributed by atoms with van der Waals surface area (Å²) >= 11 is 0. The Hall–Kier alpha value is -1.69. The summed E-state index contributed by atoms with van der Waals surface area (Å²) in [5.41, 5.74) is 0.142. The van der Waals surface area contributed by atoms with Gasteiger partial charge >= 0.3 is 0 Å². The first-order valence-electron chi connectivity index (χ1n) is 5.43. The maximum absolute atomic E-state index is 13.0. The van der Waals surface area contributed by atoms with Gasteiger partial charge in [-0.15, -0.1) is 0 Å². The third-order valence-electron chi connectivity index (χ3n) is 2.26. The molecule has 0 unspecified atom stereocenters. The topological polar surface area (TPSA) is 75.4 Å². The molecule has 0 aromatic heterocycles. The zero-order chi connectivity index (χ0) is 12.7. The number of rotatable bonds is 7. The van der Waals surface area contributed by atoms with Crippen LogP contribution in [0.4, 0.5) is 15.8 Å². The van der Waals surface area contributed by atoms with Crippen molar-refractivity contribution < 1.29 is 14.4 Å². The van der Waals surface area contributed by atoms with Gasteiger partial charge in [0.2, 0.25) is 0 Å². The summed E-state index contributed by atoms with van der Waals surface area (Å²) in [4.78, 5) is 9.88. The van der Waals surface area contributed by atoms with Crippen LogP contribution < -0.4 is 5.32 Å². The second kappa shape index (κ2) is 6.80. The maximum Gasteiger partial charge on any atom is 0.274 e. The average Bonchev–Trinajstić information content (AvgIpc) is 2.28. The van der Waals surface area contributed by atoms with Crippen molar-refractivity contribution in [1.29, 1.82) is 0 Å². The van der Waals surface area contributed by atoms with Crippen LogP contribution in [0.25, 0.3) is 0 Å². The van der Waals surface area contributed by atoms with Gasteiger partial charge in [0.25, 0.3) is 5.69 Å². The Morgan fingerprint density at radius 2 is 2.06 bits per heavy atom. The number of aliphatic hydroxyl groups is 1. The maximum atomic E-state index is 13.0. The highest BCUT2D eigenvalue weighted by Gasteiger charge is 2.09. The van der Waals surface area contributed by atoms with Crippen LogP contribution in [-0.4, -0.2) is 23.2 Å². The Morgan fingerprint density at radius 1 is 1.29 bits per heavy atom. The van der Waals surface area contributed by atoms with Gasteiger partial charge in [0.05, 0.1) is 11.0 Å². The van der Waals surface area contributed by atoms with Gasteiger partial charge < -0.3 is 10.4 Å². The van der Waals surface area contributed by atoms with E-state index in [1.165, 1.54) is 12.1 Å². The molecule has 0 atom stereocenters. The number of halogens is 1. The summed E-state index contributed by atoms with van der Waals surface area (Å²) < 4.78 is 13.0. The lowest BCUT2D eigenvalue weighted by molar-refractivity contribution is -0.385. The van der Waals surface area contributed by atoms with E-state index < -0.39 is 10.7 Å². The van der Waals surface area contributed by atoms with Crippen molar-refractivity contribution in [3.8, 4) is 0 Å². The van der Waals surface area contributed by atoms with Gasteiger partial charge in [-0.1, -0.05) is 0 Å². The monoisotopic (exact) mass is 242 g/mol. The first-order valence-corrected chi connectivity index (χ1v) is 5.43. The summed E-state index contributed by atoms with van der Waals surface area (Å²) in [6.07, 6.45) is 2.41. The van der Waals surface area contributed by atoms with Crippen molar-refractivity contribution in [3.05, 3.63) is 34.1 Å². The second-order valence-electron chi connectivity index (χ2n) is 3.67. The summed E-state index contributed by atoms with van der Waals surface area (Å²) in [5.74, 6) is -0.628. The van der Waals surface area contributed by atoms with Crippen molar-refractivity contribution in [2.45, 2.75) is 19.3 Å². The predicted octanol–water partition coefficient (Wildman–Crippen LogP) is 2.31. The Labute approximate surface area is 98.4 Å². The van der Waals surface area contributed by atoms with E-state index in [9.17, 15) is 14.5 Å². The molecule has 0 heterocycles. The molecule has 94 valence electrons. The molecule has 0 spiro atoms. The molecule has 0 saturated carbocycles. The van der Waals surface area contributed by atoms with Crippen LogP contribution in [0.15, 0.2) is 18.2 Å². The number of nitrogens with one attached hydrogen (secondary N) is 1. The standard InChI is InChI=1S/C11H15FN2O3/c12-9-6-10(8-11(7-9)14(16)17)13-4-2-1-3-5-15/h6-8,13,15H,1-5H2. The Kier molecular flexibility index (Phi) is 5.35. The number of nitro benzene ring substituents is 1. The van der Waals surface area contributed by atoms with E-state index in [0.29, 0.717) is 12.2 Å². The molecule has 0 bridgehead atoms. The number of aliphatic hydroxyl groups excluding tert-OH is 1. The average molecular weight is 242 g/mol. The minimum Gasteiger partial charge on any atom is -0.396 e. The number of hydrogen-bond acceptors (Lipinski definition) is 4. The van der Waals surface area contributed by atoms with Gasteiger partial charge in [-0.2, -0.15) is 0 Å². The first-order chi connectivity index (χ1) is 8.13. The van der Waals surface area contributed by atoms with E-state index >= 15 is 0 Å². The molecule has 0 aliphatic carbocycles. The summed E-state index contributed by atoms with van der Waals surface area (Å²) in [6, 6.07) is 3.41. The number of anilines is 1. The highest BCUT2D eigenvalue weighted by molar-refractivity contribution is 5.51. The number of unbranched alkanes of at least 4 members (excludes halogenated alkanes) is 2. The van der Waals surface area contributed by atoms with Crippen LogP contribution in [0.3, 0.4) is 0 Å². The van der Waals surface area contributed by atoms with E-state index in [2.05, 4.69) is 5.32 Å². The number of nitrogens with zero attached hydrogens (tertiary/aromatic N) is 1. The molecule has 2 N–H and O–H groups in total. The lowest BCUT2D eigenvalue weighted by atomic mass is 10.2. The van der Waals surface area contributed by atoms with Crippen molar-refractivity contribution in [1.82, 2.24) is 0 Å². The first kappa shape index (κ1) is 13.4. The van der Waals surface area contributed by atoms with Gasteiger partial charge in [0.1, 0.15) is 5.82 Å². The van der Waals surface area contributed by atoms with Gasteiger partial charge in [0, 0.05) is 24.9 Å². The molecule has 17 heavy (non-hydrogen) atoms. The highest BCUT2D eigenvalue weighted by atomic mass is 19.1. The SMILES string of the molecule is O=[N+]([O-])c1cc(F)cc(NCCCCCO)c1. The van der Waals surface area contributed by atoms with Crippen molar-refractivity contribution >= 4 is 11.4 Å². The van der Waals surface area contributed by atoms with Crippen LogP contribution in [0.5, 0.6) is 0 Å². The minimum atomic E-state index is -0.628.